The summed E-state index contributed by atoms with van der Waals surface area (Å²) in [4.78, 5) is 26.5. The molecule has 1 aromatic carbocycles. The molecular weight excluding hydrogens is 284 g/mol. The van der Waals surface area contributed by atoms with Gasteiger partial charge in [-0.05, 0) is 36.1 Å². The molecule has 1 aliphatic rings. The van der Waals surface area contributed by atoms with Crippen molar-refractivity contribution in [2.75, 3.05) is 12.4 Å². The molecule has 2 heterocycles. The molecule has 1 aliphatic heterocycles. The molecule has 0 saturated heterocycles. The number of nitrogens with one attached hydrogen (secondary N) is 1. The van der Waals surface area contributed by atoms with Crippen molar-refractivity contribution in [3.63, 3.8) is 0 Å². The Morgan fingerprint density at radius 2 is 1.90 bits per heavy atom. The van der Waals surface area contributed by atoms with Crippen LogP contribution in [0.4, 0.5) is 5.69 Å². The molecule has 0 aliphatic carbocycles. The number of hydrogen-bond acceptors (Lipinski definition) is 4. The molecule has 1 aromatic heterocycles. The van der Waals surface area contributed by atoms with Crippen molar-refractivity contribution in [1.29, 1.82) is 0 Å². The molecule has 1 N–H and O–H groups in total. The van der Waals surface area contributed by atoms with Gasteiger partial charge in [0.15, 0.2) is 0 Å². The minimum Gasteiger partial charge on any atom is -0.350 e. The standard InChI is InChI=1S/C16H14N2O2S/c1-10-5-3-6-11(9-10)17-14-13(12-7-4-8-21-12)15(19)18(2)16(14)20/h3-9,17H,1-2H3. The summed E-state index contributed by atoms with van der Waals surface area (Å²) in [5, 5.41) is 5.00. The summed E-state index contributed by atoms with van der Waals surface area (Å²) in [7, 11) is 1.50. The summed E-state index contributed by atoms with van der Waals surface area (Å²) in [6.45, 7) is 1.98. The monoisotopic (exact) mass is 298 g/mol. The van der Waals surface area contributed by atoms with Gasteiger partial charge < -0.3 is 5.32 Å². The molecule has 0 unspecified atom stereocenters. The van der Waals surface area contributed by atoms with Crippen molar-refractivity contribution >= 4 is 34.4 Å². The molecule has 106 valence electrons. The number of benzene rings is 1. The number of carbonyl (C=O) groups is 2. The second-order valence-corrected chi connectivity index (χ2v) is 5.84. The van der Waals surface area contributed by atoms with Gasteiger partial charge in [0.1, 0.15) is 5.70 Å². The molecule has 0 radical (unpaired) electrons. The molecule has 0 bridgehead atoms. The van der Waals surface area contributed by atoms with Crippen molar-refractivity contribution in [1.82, 2.24) is 4.90 Å². The number of carbonyl (C=O) groups excluding carboxylic acids is 2. The summed E-state index contributed by atoms with van der Waals surface area (Å²) in [6, 6.07) is 11.4. The fraction of sp³-hybridized carbons (Fsp3) is 0.125. The molecular formula is C16H14N2O2S. The first kappa shape index (κ1) is 13.6. The normalized spacial score (nSPS) is 15.0. The molecule has 3 rings (SSSR count). The Labute approximate surface area is 126 Å². The highest BCUT2D eigenvalue weighted by Crippen LogP contribution is 2.32. The van der Waals surface area contributed by atoms with E-state index in [0.717, 1.165) is 21.0 Å². The zero-order valence-electron chi connectivity index (χ0n) is 11.7. The van der Waals surface area contributed by atoms with Gasteiger partial charge in [-0.15, -0.1) is 11.3 Å². The summed E-state index contributed by atoms with van der Waals surface area (Å²) < 4.78 is 0. The quantitative estimate of drug-likeness (QED) is 0.886. The Bertz CT molecular complexity index is 747. The molecule has 2 aromatic rings. The number of aryl methyl sites for hydroxylation is 1. The van der Waals surface area contributed by atoms with Crippen LogP contribution >= 0.6 is 11.3 Å². The predicted octanol–water partition coefficient (Wildman–Crippen LogP) is 2.88. The minimum atomic E-state index is -0.301. The molecule has 4 nitrogen and oxygen atoms in total. The predicted molar refractivity (Wildman–Crippen MR) is 83.8 cm³/mol. The van der Waals surface area contributed by atoms with Gasteiger partial charge in [-0.1, -0.05) is 18.2 Å². The second kappa shape index (κ2) is 5.18. The minimum absolute atomic E-state index is 0.266. The van der Waals surface area contributed by atoms with E-state index in [9.17, 15) is 9.59 Å². The van der Waals surface area contributed by atoms with E-state index in [1.165, 1.54) is 18.4 Å². The van der Waals surface area contributed by atoms with Gasteiger partial charge in [-0.3, -0.25) is 14.5 Å². The van der Waals surface area contributed by atoms with Gasteiger partial charge >= 0.3 is 0 Å². The lowest BCUT2D eigenvalue weighted by Crippen LogP contribution is -2.27. The lowest BCUT2D eigenvalue weighted by atomic mass is 10.1. The zero-order valence-corrected chi connectivity index (χ0v) is 12.5. The van der Waals surface area contributed by atoms with Crippen molar-refractivity contribution in [2.24, 2.45) is 0 Å². The molecule has 2 amide bonds. The number of thiophene rings is 1. The average Bonchev–Trinajstić information content (AvgIpc) is 3.04. The maximum Gasteiger partial charge on any atom is 0.277 e. The van der Waals surface area contributed by atoms with E-state index in [-0.39, 0.29) is 11.8 Å². The zero-order chi connectivity index (χ0) is 15.0. The molecule has 21 heavy (non-hydrogen) atoms. The molecule has 0 spiro atoms. The van der Waals surface area contributed by atoms with Crippen molar-refractivity contribution in [3.8, 4) is 0 Å². The highest BCUT2D eigenvalue weighted by atomic mass is 32.1. The smallest absolute Gasteiger partial charge is 0.277 e. The van der Waals surface area contributed by atoms with Crippen LogP contribution in [-0.4, -0.2) is 23.8 Å². The number of amides is 2. The van der Waals surface area contributed by atoms with E-state index in [0.29, 0.717) is 11.3 Å². The third-order valence-electron chi connectivity index (χ3n) is 3.34. The van der Waals surface area contributed by atoms with Crippen LogP contribution in [-0.2, 0) is 9.59 Å². The third kappa shape index (κ3) is 2.36. The number of likely N-dealkylation sites (N-methyl/N-ethyl adjacent to an activating group) is 1. The van der Waals surface area contributed by atoms with Gasteiger partial charge in [0.2, 0.25) is 0 Å². The van der Waals surface area contributed by atoms with E-state index in [1.807, 2.05) is 48.7 Å². The first-order valence-electron chi connectivity index (χ1n) is 6.52. The SMILES string of the molecule is Cc1cccc(NC2=C(c3cccs3)C(=O)N(C)C2=O)c1. The number of imide groups is 1. The van der Waals surface area contributed by atoms with E-state index < -0.39 is 0 Å². The van der Waals surface area contributed by atoms with E-state index in [4.69, 9.17) is 0 Å². The summed E-state index contributed by atoms with van der Waals surface area (Å²) >= 11 is 1.45. The van der Waals surface area contributed by atoms with Gasteiger partial charge in [0.25, 0.3) is 11.8 Å². The average molecular weight is 298 g/mol. The van der Waals surface area contributed by atoms with E-state index in [1.54, 1.807) is 0 Å². The van der Waals surface area contributed by atoms with E-state index in [2.05, 4.69) is 5.32 Å². The van der Waals surface area contributed by atoms with Gasteiger partial charge in [-0.2, -0.15) is 0 Å². The van der Waals surface area contributed by atoms with Crippen LogP contribution in [0, 0.1) is 6.92 Å². The lowest BCUT2D eigenvalue weighted by Gasteiger charge is -2.09. The highest BCUT2D eigenvalue weighted by Gasteiger charge is 2.37. The number of hydrogen-bond donors (Lipinski definition) is 1. The molecule has 5 heteroatoms. The maximum absolute atomic E-state index is 12.3. The van der Waals surface area contributed by atoms with Crippen LogP contribution in [0.1, 0.15) is 10.4 Å². The number of anilines is 1. The molecule has 0 atom stereocenters. The van der Waals surface area contributed by atoms with Crippen molar-refractivity contribution in [2.45, 2.75) is 6.92 Å². The Morgan fingerprint density at radius 3 is 2.57 bits per heavy atom. The molecule has 0 fully saturated rings. The maximum atomic E-state index is 12.3. The Hall–Kier alpha value is -2.40. The number of rotatable bonds is 3. The summed E-state index contributed by atoms with van der Waals surface area (Å²) in [5.41, 5.74) is 2.67. The van der Waals surface area contributed by atoms with Crippen molar-refractivity contribution in [3.05, 3.63) is 57.9 Å². The topological polar surface area (TPSA) is 49.4 Å². The Morgan fingerprint density at radius 1 is 1.10 bits per heavy atom. The van der Waals surface area contributed by atoms with Crippen LogP contribution < -0.4 is 5.32 Å². The van der Waals surface area contributed by atoms with Crippen LogP contribution in [0.2, 0.25) is 0 Å². The Kier molecular flexibility index (Phi) is 3.35. The third-order valence-corrected chi connectivity index (χ3v) is 4.23. The van der Waals surface area contributed by atoms with Crippen LogP contribution in [0.25, 0.3) is 5.57 Å². The van der Waals surface area contributed by atoms with Crippen LogP contribution in [0.5, 0.6) is 0 Å². The van der Waals surface area contributed by atoms with Gasteiger partial charge in [0.05, 0.1) is 5.57 Å². The Balaban J connectivity index is 2.07. The van der Waals surface area contributed by atoms with Gasteiger partial charge in [0, 0.05) is 17.6 Å². The lowest BCUT2D eigenvalue weighted by molar-refractivity contribution is -0.135. The first-order chi connectivity index (χ1) is 10.1. The molecule has 0 saturated carbocycles. The fourth-order valence-corrected chi connectivity index (χ4v) is 3.04. The van der Waals surface area contributed by atoms with Crippen LogP contribution in [0.3, 0.4) is 0 Å². The van der Waals surface area contributed by atoms with Crippen LogP contribution in [0.15, 0.2) is 47.5 Å². The first-order valence-corrected chi connectivity index (χ1v) is 7.40. The fourth-order valence-electron chi connectivity index (χ4n) is 2.27. The van der Waals surface area contributed by atoms with Crippen molar-refractivity contribution < 1.29 is 9.59 Å². The number of nitrogens with zero attached hydrogens (tertiary/aromatic N) is 1. The largest absolute Gasteiger partial charge is 0.350 e. The summed E-state index contributed by atoms with van der Waals surface area (Å²) in [6.07, 6.45) is 0. The second-order valence-electron chi connectivity index (χ2n) is 4.89. The van der Waals surface area contributed by atoms with Gasteiger partial charge in [-0.25, -0.2) is 0 Å². The highest BCUT2D eigenvalue weighted by molar-refractivity contribution is 7.11. The summed E-state index contributed by atoms with van der Waals surface area (Å²) in [5.74, 6) is -0.567. The van der Waals surface area contributed by atoms with E-state index >= 15 is 0 Å².